The van der Waals surface area contributed by atoms with Gasteiger partial charge in [0.15, 0.2) is 17.2 Å². The summed E-state index contributed by atoms with van der Waals surface area (Å²) in [6, 6.07) is 21.3. The predicted octanol–water partition coefficient (Wildman–Crippen LogP) is 5.75. The second-order valence-electron chi connectivity index (χ2n) is 6.52. The number of anilines is 1. The van der Waals surface area contributed by atoms with E-state index in [4.69, 9.17) is 14.0 Å². The molecule has 9 heteroatoms. The molecule has 1 N–H and O–H groups in total. The molecule has 4 rings (SSSR count). The van der Waals surface area contributed by atoms with Crippen molar-refractivity contribution in [3.05, 3.63) is 78.7 Å². The van der Waals surface area contributed by atoms with E-state index in [9.17, 15) is 8.78 Å². The Balaban J connectivity index is 1.46. The van der Waals surface area contributed by atoms with E-state index in [2.05, 4.69) is 20.2 Å². The van der Waals surface area contributed by atoms with Crippen LogP contribution in [-0.4, -0.2) is 23.9 Å². The number of ether oxygens (including phenoxy) is 3. The molecule has 1 heterocycles. The Morgan fingerprint density at radius 1 is 0.938 bits per heavy atom. The fourth-order valence-electron chi connectivity index (χ4n) is 2.93. The predicted molar refractivity (Wildman–Crippen MR) is 113 cm³/mol. The molecular weight excluding hydrogens is 420 g/mol. The molecule has 0 saturated carbocycles. The topological polar surface area (TPSA) is 78.6 Å². The summed E-state index contributed by atoms with van der Waals surface area (Å²) in [5.74, 6) is 2.05. The minimum atomic E-state index is -2.95. The van der Waals surface area contributed by atoms with E-state index in [1.165, 1.54) is 19.2 Å². The van der Waals surface area contributed by atoms with Crippen LogP contribution in [0, 0.1) is 0 Å². The van der Waals surface area contributed by atoms with Crippen molar-refractivity contribution >= 4 is 5.69 Å². The van der Waals surface area contributed by atoms with Gasteiger partial charge in [0.2, 0.25) is 11.7 Å². The summed E-state index contributed by atoms with van der Waals surface area (Å²) >= 11 is 0. The van der Waals surface area contributed by atoms with E-state index in [1.807, 2.05) is 54.6 Å². The number of nitrogens with one attached hydrogen (secondary N) is 1. The molecule has 0 bridgehead atoms. The lowest BCUT2D eigenvalue weighted by Gasteiger charge is -2.11. The fraction of sp³-hybridized carbons (Fsp3) is 0.130. The zero-order valence-electron chi connectivity index (χ0n) is 17.0. The first-order valence-corrected chi connectivity index (χ1v) is 9.64. The van der Waals surface area contributed by atoms with Gasteiger partial charge in [0.25, 0.3) is 0 Å². The van der Waals surface area contributed by atoms with Crippen molar-refractivity contribution in [1.29, 1.82) is 0 Å². The van der Waals surface area contributed by atoms with E-state index >= 15 is 0 Å². The van der Waals surface area contributed by atoms with Gasteiger partial charge < -0.3 is 24.1 Å². The Labute approximate surface area is 182 Å². The highest BCUT2D eigenvalue weighted by Crippen LogP contribution is 2.33. The van der Waals surface area contributed by atoms with Gasteiger partial charge in [-0.05, 0) is 42.5 Å². The monoisotopic (exact) mass is 439 g/mol. The van der Waals surface area contributed by atoms with Crippen LogP contribution in [0.25, 0.3) is 11.4 Å². The summed E-state index contributed by atoms with van der Waals surface area (Å²) in [7, 11) is 1.36. The summed E-state index contributed by atoms with van der Waals surface area (Å²) in [4.78, 5) is 4.35. The van der Waals surface area contributed by atoms with Crippen LogP contribution < -0.4 is 19.5 Å². The highest BCUT2D eigenvalue weighted by Gasteiger charge is 2.15. The van der Waals surface area contributed by atoms with Crippen LogP contribution in [0.15, 0.2) is 77.3 Å². The van der Waals surface area contributed by atoms with Crippen molar-refractivity contribution < 1.29 is 27.5 Å². The third kappa shape index (κ3) is 5.12. The average molecular weight is 439 g/mol. The molecule has 0 spiro atoms. The zero-order chi connectivity index (χ0) is 22.3. The van der Waals surface area contributed by atoms with Crippen LogP contribution in [0.1, 0.15) is 5.89 Å². The molecule has 3 aromatic carbocycles. The first-order chi connectivity index (χ1) is 15.6. The van der Waals surface area contributed by atoms with Crippen LogP contribution in [0.5, 0.6) is 23.0 Å². The van der Waals surface area contributed by atoms with Crippen molar-refractivity contribution in [3.8, 4) is 34.4 Å². The number of hydrogen-bond acceptors (Lipinski definition) is 7. The fourth-order valence-corrected chi connectivity index (χ4v) is 2.93. The van der Waals surface area contributed by atoms with Crippen LogP contribution in [-0.2, 0) is 6.54 Å². The molecule has 0 atom stereocenters. The SMILES string of the molecule is COc1cc(-c2noc(CNc3ccccc3Oc3ccccc3)n2)ccc1OC(F)F. The van der Waals surface area contributed by atoms with E-state index < -0.39 is 6.61 Å². The molecule has 32 heavy (non-hydrogen) atoms. The highest BCUT2D eigenvalue weighted by atomic mass is 19.3. The summed E-state index contributed by atoms with van der Waals surface area (Å²) in [6.45, 7) is -2.70. The lowest BCUT2D eigenvalue weighted by Crippen LogP contribution is -2.03. The number of nitrogens with zero attached hydrogens (tertiary/aromatic N) is 2. The maximum absolute atomic E-state index is 12.5. The molecule has 0 aliphatic carbocycles. The quantitative estimate of drug-likeness (QED) is 0.356. The molecule has 4 aromatic rings. The van der Waals surface area contributed by atoms with Gasteiger partial charge in [-0.3, -0.25) is 0 Å². The molecule has 164 valence electrons. The van der Waals surface area contributed by atoms with E-state index in [-0.39, 0.29) is 23.9 Å². The zero-order valence-corrected chi connectivity index (χ0v) is 17.0. The number of alkyl halides is 2. The molecule has 7 nitrogen and oxygen atoms in total. The van der Waals surface area contributed by atoms with Crippen molar-refractivity contribution in [1.82, 2.24) is 10.1 Å². The van der Waals surface area contributed by atoms with Crippen LogP contribution in [0.3, 0.4) is 0 Å². The lowest BCUT2D eigenvalue weighted by atomic mass is 10.2. The normalized spacial score (nSPS) is 10.8. The first kappa shape index (κ1) is 21.1. The van der Waals surface area contributed by atoms with Crippen LogP contribution in [0.4, 0.5) is 14.5 Å². The minimum absolute atomic E-state index is 0.0772. The number of rotatable bonds is 9. The molecular formula is C23H19F2N3O4. The van der Waals surface area contributed by atoms with Crippen molar-refractivity contribution in [2.24, 2.45) is 0 Å². The van der Waals surface area contributed by atoms with Gasteiger partial charge in [0.1, 0.15) is 5.75 Å². The smallest absolute Gasteiger partial charge is 0.387 e. The van der Waals surface area contributed by atoms with Crippen LogP contribution in [0.2, 0.25) is 0 Å². The first-order valence-electron chi connectivity index (χ1n) is 9.64. The second-order valence-corrected chi connectivity index (χ2v) is 6.52. The molecule has 0 unspecified atom stereocenters. The van der Waals surface area contributed by atoms with Crippen molar-refractivity contribution in [3.63, 3.8) is 0 Å². The van der Waals surface area contributed by atoms with Gasteiger partial charge in [0.05, 0.1) is 19.3 Å². The maximum Gasteiger partial charge on any atom is 0.387 e. The van der Waals surface area contributed by atoms with E-state index in [0.29, 0.717) is 17.2 Å². The summed E-state index contributed by atoms with van der Waals surface area (Å²) < 4.78 is 45.8. The van der Waals surface area contributed by atoms with Gasteiger partial charge in [-0.25, -0.2) is 0 Å². The average Bonchev–Trinajstić information content (AvgIpc) is 3.28. The van der Waals surface area contributed by atoms with Crippen molar-refractivity contribution in [2.45, 2.75) is 13.2 Å². The number of hydrogen-bond donors (Lipinski definition) is 1. The molecule has 0 fully saturated rings. The molecule has 0 aliphatic rings. The maximum atomic E-state index is 12.5. The third-order valence-corrected chi connectivity index (χ3v) is 4.39. The van der Waals surface area contributed by atoms with Gasteiger partial charge in [-0.15, -0.1) is 0 Å². The molecule has 0 amide bonds. The van der Waals surface area contributed by atoms with Crippen molar-refractivity contribution in [2.75, 3.05) is 12.4 Å². The van der Waals surface area contributed by atoms with Gasteiger partial charge in [-0.2, -0.15) is 13.8 Å². The van der Waals surface area contributed by atoms with Gasteiger partial charge in [-0.1, -0.05) is 35.5 Å². The Morgan fingerprint density at radius 3 is 2.50 bits per heavy atom. The second kappa shape index (κ2) is 9.78. The Bertz CT molecular complexity index is 1170. The van der Waals surface area contributed by atoms with E-state index in [0.717, 1.165) is 11.4 Å². The molecule has 0 saturated heterocycles. The Morgan fingerprint density at radius 2 is 1.72 bits per heavy atom. The number of aromatic nitrogens is 2. The molecule has 0 aliphatic heterocycles. The number of methoxy groups -OCH3 is 1. The Hall–Kier alpha value is -4.14. The summed E-state index contributed by atoms with van der Waals surface area (Å²) in [5, 5.41) is 7.17. The molecule has 1 aromatic heterocycles. The van der Waals surface area contributed by atoms with Crippen LogP contribution >= 0.6 is 0 Å². The minimum Gasteiger partial charge on any atom is -0.493 e. The Kier molecular flexibility index (Phi) is 6.45. The van der Waals surface area contributed by atoms with Gasteiger partial charge in [0, 0.05) is 5.56 Å². The number of para-hydroxylation sites is 3. The third-order valence-electron chi connectivity index (χ3n) is 4.39. The highest BCUT2D eigenvalue weighted by molar-refractivity contribution is 5.61. The van der Waals surface area contributed by atoms with E-state index in [1.54, 1.807) is 6.07 Å². The lowest BCUT2D eigenvalue weighted by molar-refractivity contribution is -0.0512. The summed E-state index contributed by atoms with van der Waals surface area (Å²) in [6.07, 6.45) is 0. The number of benzene rings is 3. The standard InChI is InChI=1S/C23H19F2N3O4/c1-29-20-13-15(11-12-19(20)31-23(24)25)22-27-21(32-28-22)14-26-17-9-5-6-10-18(17)30-16-7-3-2-4-8-16/h2-13,23,26H,14H2,1H3. The largest absolute Gasteiger partial charge is 0.493 e. The number of halogens is 2. The van der Waals surface area contributed by atoms with Gasteiger partial charge >= 0.3 is 6.61 Å². The summed E-state index contributed by atoms with van der Waals surface area (Å²) in [5.41, 5.74) is 1.29. The molecule has 0 radical (unpaired) electrons.